The van der Waals surface area contributed by atoms with Crippen LogP contribution >= 0.6 is 0 Å². The number of aryl methyl sites for hydroxylation is 1. The number of unbranched alkanes of at least 4 members (excludes halogenated alkanes) is 4. The van der Waals surface area contributed by atoms with Crippen LogP contribution in [0, 0.1) is 0 Å². The Hall–Kier alpha value is -7.56. The molecule has 0 atom stereocenters. The van der Waals surface area contributed by atoms with Gasteiger partial charge in [0.1, 0.15) is 11.5 Å². The summed E-state index contributed by atoms with van der Waals surface area (Å²) >= 11 is 0. The fraction of sp³-hybridized carbons (Fsp3) is 0.115. The number of rotatable bonds is 11. The minimum atomic E-state index is -0.0615. The second-order valence-electron chi connectivity index (χ2n) is 17.7. The number of hydrogen-bond acceptors (Lipinski definition) is 2. The third-order valence-electron chi connectivity index (χ3n) is 13.8. The first kappa shape index (κ1) is 39.1. The molecule has 0 unspecified atom stereocenters. The van der Waals surface area contributed by atoms with Crippen LogP contribution in [0.3, 0.4) is 0 Å². The quantitative estimate of drug-likeness (QED) is 0.0954. The average molecular weight is 837 g/mol. The molecule has 0 N–H and O–H groups in total. The molecule has 3 nitrogen and oxygen atoms in total. The van der Waals surface area contributed by atoms with E-state index in [1.807, 2.05) is 0 Å². The number of benzene rings is 9. The van der Waals surface area contributed by atoms with Crippen molar-refractivity contribution in [1.29, 1.82) is 0 Å². The maximum atomic E-state index is 7.18. The number of para-hydroxylation sites is 3. The molecule has 0 saturated carbocycles. The van der Waals surface area contributed by atoms with E-state index in [9.17, 15) is 0 Å². The molecular weight excluding hydrogens is 787 g/mol. The summed E-state index contributed by atoms with van der Waals surface area (Å²) in [5.74, 6) is 1.88. The summed E-state index contributed by atoms with van der Waals surface area (Å²) in [4.78, 5) is 2.61. The van der Waals surface area contributed by atoms with E-state index < -0.39 is 0 Å². The Labute approximate surface area is 382 Å². The average Bonchev–Trinajstić information content (AvgIpc) is 3.71. The van der Waals surface area contributed by atoms with Gasteiger partial charge in [0, 0.05) is 39.0 Å². The van der Waals surface area contributed by atoms with E-state index in [1.54, 1.807) is 0 Å². The molecule has 10 aromatic rings. The predicted molar refractivity (Wildman–Crippen MR) is 275 cm³/mol. The van der Waals surface area contributed by atoms with Gasteiger partial charge in [-0.3, -0.25) is 0 Å². The molecule has 0 fully saturated rings. The Kier molecular flexibility index (Phi) is 9.94. The van der Waals surface area contributed by atoms with Crippen LogP contribution in [0.15, 0.2) is 206 Å². The summed E-state index contributed by atoms with van der Waals surface area (Å²) in [6.07, 6.45) is 7.13. The molecule has 2 aliphatic heterocycles. The van der Waals surface area contributed by atoms with Gasteiger partial charge in [0.2, 0.25) is 0 Å². The molecule has 65 heavy (non-hydrogen) atoms. The van der Waals surface area contributed by atoms with Gasteiger partial charge in [0.05, 0.1) is 16.7 Å². The van der Waals surface area contributed by atoms with Crippen LogP contribution in [-0.2, 0) is 6.42 Å². The second-order valence-corrected chi connectivity index (χ2v) is 17.7. The molecule has 0 aliphatic carbocycles. The van der Waals surface area contributed by atoms with E-state index >= 15 is 0 Å². The van der Waals surface area contributed by atoms with E-state index in [2.05, 4.69) is 223 Å². The van der Waals surface area contributed by atoms with E-state index in [4.69, 9.17) is 4.74 Å². The third-order valence-corrected chi connectivity index (χ3v) is 13.8. The van der Waals surface area contributed by atoms with Gasteiger partial charge in [0.15, 0.2) is 0 Å². The maximum absolute atomic E-state index is 7.18. The Morgan fingerprint density at radius 2 is 1.06 bits per heavy atom. The van der Waals surface area contributed by atoms with Crippen LogP contribution in [0.1, 0.15) is 44.6 Å². The SMILES string of the molecule is CCCCCCCc1cc2c3c(c1)N(c1c(-c4ccccc4)cccc1-c1ccccc1)c1cc(-n4c5ccccc5c5ccccc54)ccc1B3c1cc(-c3ccccc3)ccc1O2. The fourth-order valence-electron chi connectivity index (χ4n) is 10.7. The van der Waals surface area contributed by atoms with E-state index in [-0.39, 0.29) is 6.71 Å². The van der Waals surface area contributed by atoms with Crippen LogP contribution in [0.25, 0.3) is 60.9 Å². The standard InChI is InChI=1S/C61H49BN2O/c1-2-3-4-5-9-21-42-38-57-60-59(39-42)65-58-37-34-46(43-22-10-6-11-23-43)40-53(58)62(60)52-36-35-47(63-54-32-18-16-28-50(54)51-29-17-19-33-55(51)63)41-56(52)64(57)61-48(44-24-12-7-13-25-44)30-20-31-49(61)45-26-14-8-15-27-45/h6-8,10-20,22-41H,2-5,9,21H2,1H3. The topological polar surface area (TPSA) is 17.4 Å². The molecule has 0 saturated heterocycles. The maximum Gasteiger partial charge on any atom is 0.256 e. The van der Waals surface area contributed by atoms with Gasteiger partial charge >= 0.3 is 0 Å². The molecule has 1 aromatic heterocycles. The Bertz CT molecular complexity index is 3260. The molecule has 0 spiro atoms. The molecule has 9 aromatic carbocycles. The van der Waals surface area contributed by atoms with Crippen molar-refractivity contribution in [1.82, 2.24) is 4.57 Å². The lowest BCUT2D eigenvalue weighted by atomic mass is 9.34. The molecule has 3 heterocycles. The summed E-state index contributed by atoms with van der Waals surface area (Å²) in [6, 6.07) is 76.0. The summed E-state index contributed by atoms with van der Waals surface area (Å²) in [5.41, 5.74) is 19.1. The minimum Gasteiger partial charge on any atom is -0.458 e. The van der Waals surface area contributed by atoms with Crippen molar-refractivity contribution in [3.05, 3.63) is 212 Å². The van der Waals surface area contributed by atoms with Crippen molar-refractivity contribution in [2.45, 2.75) is 45.4 Å². The number of aromatic nitrogens is 1. The van der Waals surface area contributed by atoms with E-state index in [1.165, 1.54) is 114 Å². The monoisotopic (exact) mass is 836 g/mol. The zero-order valence-electron chi connectivity index (χ0n) is 36.8. The van der Waals surface area contributed by atoms with E-state index in [0.29, 0.717) is 0 Å². The zero-order chi connectivity index (χ0) is 43.3. The van der Waals surface area contributed by atoms with E-state index in [0.717, 1.165) is 35.7 Å². The number of nitrogens with zero attached hydrogens (tertiary/aromatic N) is 2. The first-order valence-corrected chi connectivity index (χ1v) is 23.4. The predicted octanol–water partition coefficient (Wildman–Crippen LogP) is 14.7. The van der Waals surface area contributed by atoms with Crippen LogP contribution in [-0.4, -0.2) is 11.3 Å². The van der Waals surface area contributed by atoms with Gasteiger partial charge in [-0.2, -0.15) is 0 Å². The van der Waals surface area contributed by atoms with Crippen molar-refractivity contribution in [3.63, 3.8) is 0 Å². The fourth-order valence-corrected chi connectivity index (χ4v) is 10.7. The highest BCUT2D eigenvalue weighted by Gasteiger charge is 2.43. The molecule has 12 rings (SSSR count). The van der Waals surface area contributed by atoms with Gasteiger partial charge < -0.3 is 14.2 Å². The Morgan fingerprint density at radius 1 is 0.446 bits per heavy atom. The van der Waals surface area contributed by atoms with Crippen molar-refractivity contribution in [2.24, 2.45) is 0 Å². The van der Waals surface area contributed by atoms with Gasteiger partial charge in [-0.25, -0.2) is 0 Å². The number of ether oxygens (including phenoxy) is 1. The lowest BCUT2D eigenvalue weighted by Crippen LogP contribution is -2.59. The lowest BCUT2D eigenvalue weighted by molar-refractivity contribution is 0.486. The van der Waals surface area contributed by atoms with Crippen molar-refractivity contribution < 1.29 is 4.74 Å². The van der Waals surface area contributed by atoms with Crippen molar-refractivity contribution >= 4 is 62.0 Å². The molecule has 0 amide bonds. The number of hydrogen-bond donors (Lipinski definition) is 0. The Balaban J connectivity index is 1.18. The van der Waals surface area contributed by atoms with Crippen LogP contribution in [0.5, 0.6) is 11.5 Å². The first-order chi connectivity index (χ1) is 32.2. The number of anilines is 3. The lowest BCUT2D eigenvalue weighted by Gasteiger charge is -2.42. The van der Waals surface area contributed by atoms with Gasteiger partial charge in [-0.05, 0) is 99.5 Å². The highest BCUT2D eigenvalue weighted by atomic mass is 16.5. The molecule has 4 heteroatoms. The molecule has 0 radical (unpaired) electrons. The molecule has 2 aliphatic rings. The van der Waals surface area contributed by atoms with Crippen LogP contribution in [0.4, 0.5) is 17.1 Å². The highest BCUT2D eigenvalue weighted by Crippen LogP contribution is 2.50. The highest BCUT2D eigenvalue weighted by molar-refractivity contribution is 6.99. The Morgan fingerprint density at radius 3 is 1.72 bits per heavy atom. The minimum absolute atomic E-state index is 0.0615. The molecular formula is C61H49BN2O. The largest absolute Gasteiger partial charge is 0.458 e. The normalized spacial score (nSPS) is 12.5. The van der Waals surface area contributed by atoms with Gasteiger partial charge in [-0.1, -0.05) is 196 Å². The third kappa shape index (κ3) is 6.75. The second kappa shape index (κ2) is 16.5. The summed E-state index contributed by atoms with van der Waals surface area (Å²) < 4.78 is 9.64. The molecule has 0 bridgehead atoms. The van der Waals surface area contributed by atoms with Crippen LogP contribution in [0.2, 0.25) is 0 Å². The van der Waals surface area contributed by atoms with Crippen LogP contribution < -0.4 is 26.0 Å². The smallest absolute Gasteiger partial charge is 0.256 e. The van der Waals surface area contributed by atoms with Gasteiger partial charge in [0.25, 0.3) is 6.71 Å². The van der Waals surface area contributed by atoms with Crippen molar-refractivity contribution in [2.75, 3.05) is 4.90 Å². The molecule has 312 valence electrons. The van der Waals surface area contributed by atoms with Gasteiger partial charge in [-0.15, -0.1) is 0 Å². The first-order valence-electron chi connectivity index (χ1n) is 23.4. The summed E-state index contributed by atoms with van der Waals surface area (Å²) in [5, 5.41) is 2.51. The zero-order valence-corrected chi connectivity index (χ0v) is 36.8. The summed E-state index contributed by atoms with van der Waals surface area (Å²) in [7, 11) is 0. The van der Waals surface area contributed by atoms with Crippen molar-refractivity contribution in [3.8, 4) is 50.6 Å². The number of fused-ring (bicyclic) bond motifs is 7. The summed E-state index contributed by atoms with van der Waals surface area (Å²) in [6.45, 7) is 2.23.